The van der Waals surface area contributed by atoms with E-state index in [0.717, 1.165) is 0 Å². The van der Waals surface area contributed by atoms with Crippen LogP contribution >= 0.6 is 11.6 Å². The maximum Gasteiger partial charge on any atom is 0.296 e. The molecule has 1 heterocycles. The Morgan fingerprint density at radius 1 is 1.50 bits per heavy atom. The van der Waals surface area contributed by atoms with Gasteiger partial charge in [-0.1, -0.05) is 11.6 Å². The molecule has 0 bridgehead atoms. The van der Waals surface area contributed by atoms with Crippen LogP contribution in [0.15, 0.2) is 24.5 Å². The minimum Gasteiger partial charge on any atom is -0.258 e. The van der Waals surface area contributed by atoms with E-state index in [9.17, 15) is 10.1 Å². The van der Waals surface area contributed by atoms with Gasteiger partial charge in [0.1, 0.15) is 17.8 Å². The lowest BCUT2D eigenvalue weighted by Crippen LogP contribution is -2.00. The van der Waals surface area contributed by atoms with E-state index in [1.807, 2.05) is 0 Å². The Kier molecular flexibility index (Phi) is 2.57. The monoisotopic (exact) mass is 238 g/mol. The SMILES string of the molecule is Cc1ncn(-c2ccc(Cl)cc2[N+](=O)[O-])n1. The summed E-state index contributed by atoms with van der Waals surface area (Å²) in [5.74, 6) is 0.546. The van der Waals surface area contributed by atoms with Gasteiger partial charge in [-0.15, -0.1) is 0 Å². The van der Waals surface area contributed by atoms with Crippen molar-refractivity contribution in [3.8, 4) is 5.69 Å². The van der Waals surface area contributed by atoms with E-state index >= 15 is 0 Å². The van der Waals surface area contributed by atoms with Crippen LogP contribution in [0.25, 0.3) is 5.69 Å². The molecule has 0 atom stereocenters. The predicted molar refractivity (Wildman–Crippen MR) is 57.8 cm³/mol. The fraction of sp³-hybridized carbons (Fsp3) is 0.111. The summed E-state index contributed by atoms with van der Waals surface area (Å²) in [6.07, 6.45) is 1.42. The first-order valence-electron chi connectivity index (χ1n) is 4.40. The van der Waals surface area contributed by atoms with Gasteiger partial charge in [0.15, 0.2) is 0 Å². The molecule has 0 amide bonds. The van der Waals surface area contributed by atoms with Gasteiger partial charge < -0.3 is 0 Å². The number of nitrogens with zero attached hydrogens (tertiary/aromatic N) is 4. The van der Waals surface area contributed by atoms with Gasteiger partial charge in [0.25, 0.3) is 5.69 Å². The zero-order valence-corrected chi connectivity index (χ0v) is 9.05. The molecule has 0 saturated carbocycles. The van der Waals surface area contributed by atoms with Gasteiger partial charge in [-0.2, -0.15) is 5.10 Å². The first-order valence-corrected chi connectivity index (χ1v) is 4.78. The molecule has 16 heavy (non-hydrogen) atoms. The number of aryl methyl sites for hydroxylation is 1. The van der Waals surface area contributed by atoms with E-state index < -0.39 is 4.92 Å². The van der Waals surface area contributed by atoms with Gasteiger partial charge >= 0.3 is 0 Å². The molecule has 0 saturated heterocycles. The summed E-state index contributed by atoms with van der Waals surface area (Å²) in [4.78, 5) is 14.2. The summed E-state index contributed by atoms with van der Waals surface area (Å²) in [5.41, 5.74) is 0.243. The molecular formula is C9H7ClN4O2. The average molecular weight is 239 g/mol. The predicted octanol–water partition coefficient (Wildman–Crippen LogP) is 2.14. The molecule has 0 N–H and O–H groups in total. The molecule has 1 aromatic carbocycles. The van der Waals surface area contributed by atoms with Gasteiger partial charge in [0, 0.05) is 11.1 Å². The van der Waals surface area contributed by atoms with Crippen molar-refractivity contribution >= 4 is 17.3 Å². The molecule has 0 aliphatic heterocycles. The number of halogens is 1. The molecule has 0 fully saturated rings. The van der Waals surface area contributed by atoms with Crippen molar-refractivity contribution in [2.75, 3.05) is 0 Å². The zero-order chi connectivity index (χ0) is 11.7. The quantitative estimate of drug-likeness (QED) is 0.593. The van der Waals surface area contributed by atoms with Crippen molar-refractivity contribution in [1.82, 2.24) is 14.8 Å². The summed E-state index contributed by atoms with van der Waals surface area (Å²) < 4.78 is 1.35. The Morgan fingerprint density at radius 2 is 2.25 bits per heavy atom. The number of hydrogen-bond acceptors (Lipinski definition) is 4. The second-order valence-electron chi connectivity index (χ2n) is 3.13. The van der Waals surface area contributed by atoms with Gasteiger partial charge in [0.2, 0.25) is 0 Å². The van der Waals surface area contributed by atoms with Crippen LogP contribution < -0.4 is 0 Å². The maximum absolute atomic E-state index is 10.8. The highest BCUT2D eigenvalue weighted by molar-refractivity contribution is 6.30. The van der Waals surface area contributed by atoms with Crippen molar-refractivity contribution < 1.29 is 4.92 Å². The normalized spacial score (nSPS) is 10.4. The van der Waals surface area contributed by atoms with Gasteiger partial charge in [-0.3, -0.25) is 10.1 Å². The molecular weight excluding hydrogens is 232 g/mol. The van der Waals surface area contributed by atoms with E-state index in [2.05, 4.69) is 10.1 Å². The van der Waals surface area contributed by atoms with Crippen molar-refractivity contribution in [3.63, 3.8) is 0 Å². The lowest BCUT2D eigenvalue weighted by atomic mass is 10.3. The molecule has 0 radical (unpaired) electrons. The van der Waals surface area contributed by atoms with E-state index in [1.165, 1.54) is 23.1 Å². The molecule has 2 rings (SSSR count). The Labute approximate surface area is 95.6 Å². The summed E-state index contributed by atoms with van der Waals surface area (Å²) >= 11 is 5.70. The van der Waals surface area contributed by atoms with E-state index in [-0.39, 0.29) is 5.69 Å². The Hall–Kier alpha value is -1.95. The molecule has 7 heteroatoms. The average Bonchev–Trinajstić information content (AvgIpc) is 2.64. The smallest absolute Gasteiger partial charge is 0.258 e. The van der Waals surface area contributed by atoms with Crippen LogP contribution in [0, 0.1) is 17.0 Å². The lowest BCUT2D eigenvalue weighted by molar-refractivity contribution is -0.384. The van der Waals surface area contributed by atoms with Crippen LogP contribution in [0.4, 0.5) is 5.69 Å². The largest absolute Gasteiger partial charge is 0.296 e. The number of nitro groups is 1. The maximum atomic E-state index is 10.8. The van der Waals surface area contributed by atoms with Crippen LogP contribution in [0.1, 0.15) is 5.82 Å². The second kappa shape index (κ2) is 3.90. The van der Waals surface area contributed by atoms with E-state index in [0.29, 0.717) is 16.5 Å². The molecule has 82 valence electrons. The summed E-state index contributed by atoms with van der Waals surface area (Å²) in [7, 11) is 0. The first kappa shape index (κ1) is 10.6. The zero-order valence-electron chi connectivity index (χ0n) is 8.29. The summed E-state index contributed by atoms with van der Waals surface area (Å²) in [6.45, 7) is 1.71. The molecule has 0 unspecified atom stereocenters. The molecule has 0 spiro atoms. The summed E-state index contributed by atoms with van der Waals surface area (Å²) in [5, 5.41) is 15.2. The van der Waals surface area contributed by atoms with Crippen molar-refractivity contribution in [3.05, 3.63) is 45.5 Å². The second-order valence-corrected chi connectivity index (χ2v) is 3.56. The van der Waals surface area contributed by atoms with Crippen molar-refractivity contribution in [1.29, 1.82) is 0 Å². The molecule has 1 aromatic heterocycles. The van der Waals surface area contributed by atoms with E-state index in [1.54, 1.807) is 13.0 Å². The third-order valence-corrected chi connectivity index (χ3v) is 2.22. The standard InChI is InChI=1S/C9H7ClN4O2/c1-6-11-5-13(12-6)8-3-2-7(10)4-9(8)14(15)16/h2-5H,1H3. The number of hydrogen-bond donors (Lipinski definition) is 0. The number of rotatable bonds is 2. The van der Waals surface area contributed by atoms with E-state index in [4.69, 9.17) is 11.6 Å². The highest BCUT2D eigenvalue weighted by Gasteiger charge is 2.16. The third-order valence-electron chi connectivity index (χ3n) is 1.99. The number of nitro benzene ring substituents is 1. The van der Waals surface area contributed by atoms with Crippen LogP contribution in [-0.2, 0) is 0 Å². The first-order chi connectivity index (χ1) is 7.58. The van der Waals surface area contributed by atoms with Gasteiger partial charge in [0.05, 0.1) is 4.92 Å². The third kappa shape index (κ3) is 1.87. The molecule has 6 nitrogen and oxygen atoms in total. The minimum atomic E-state index is -0.502. The van der Waals surface area contributed by atoms with Crippen molar-refractivity contribution in [2.45, 2.75) is 6.92 Å². The van der Waals surface area contributed by atoms with Gasteiger partial charge in [-0.25, -0.2) is 9.67 Å². The topological polar surface area (TPSA) is 73.8 Å². The molecule has 0 aliphatic rings. The highest BCUT2D eigenvalue weighted by Crippen LogP contribution is 2.25. The van der Waals surface area contributed by atoms with Gasteiger partial charge in [-0.05, 0) is 19.1 Å². The van der Waals surface area contributed by atoms with Crippen molar-refractivity contribution in [2.24, 2.45) is 0 Å². The van der Waals surface area contributed by atoms with Crippen LogP contribution in [0.3, 0.4) is 0 Å². The molecule has 2 aromatic rings. The fourth-order valence-electron chi connectivity index (χ4n) is 1.30. The highest BCUT2D eigenvalue weighted by atomic mass is 35.5. The van der Waals surface area contributed by atoms with Crippen LogP contribution in [-0.4, -0.2) is 19.7 Å². The van der Waals surface area contributed by atoms with Crippen LogP contribution in [0.2, 0.25) is 5.02 Å². The molecule has 0 aliphatic carbocycles. The Morgan fingerprint density at radius 3 is 2.81 bits per heavy atom. The Bertz CT molecular complexity index is 552. The fourth-order valence-corrected chi connectivity index (χ4v) is 1.46. The minimum absolute atomic E-state index is 0.0996. The van der Waals surface area contributed by atoms with Crippen LogP contribution in [0.5, 0.6) is 0 Å². The summed E-state index contributed by atoms with van der Waals surface area (Å²) in [6, 6.07) is 4.39. The number of benzene rings is 1. The Balaban J connectivity index is 2.60. The lowest BCUT2D eigenvalue weighted by Gasteiger charge is -2.01. The number of aromatic nitrogens is 3.